The van der Waals surface area contributed by atoms with Crippen molar-refractivity contribution >= 4 is 21.8 Å². The van der Waals surface area contributed by atoms with Crippen LogP contribution in [0.3, 0.4) is 0 Å². The molecule has 1 saturated heterocycles. The molecule has 0 aliphatic carbocycles. The number of rotatable bonds is 7. The summed E-state index contributed by atoms with van der Waals surface area (Å²) in [6.45, 7) is 6.30. The van der Waals surface area contributed by atoms with Crippen molar-refractivity contribution in [3.05, 3.63) is 65.2 Å². The lowest BCUT2D eigenvalue weighted by Gasteiger charge is -2.30. The number of hydrogen-bond acceptors (Lipinski definition) is 5. The van der Waals surface area contributed by atoms with Crippen molar-refractivity contribution in [2.75, 3.05) is 19.6 Å². The number of carbonyl (C=O) groups is 1. The maximum atomic E-state index is 12.2. The molecule has 0 spiro atoms. The molecule has 1 atom stereocenters. The molecule has 2 aliphatic heterocycles. The van der Waals surface area contributed by atoms with E-state index in [1.54, 1.807) is 24.3 Å². The van der Waals surface area contributed by atoms with E-state index in [2.05, 4.69) is 51.1 Å². The summed E-state index contributed by atoms with van der Waals surface area (Å²) < 4.78 is 26.6. The number of sulfonamides is 1. The topological polar surface area (TPSA) is 90.9 Å². The predicted molar refractivity (Wildman–Crippen MR) is 125 cm³/mol. The number of benzene rings is 2. The van der Waals surface area contributed by atoms with Crippen molar-refractivity contribution in [2.45, 2.75) is 44.2 Å². The first-order valence-electron chi connectivity index (χ1n) is 11.1. The maximum Gasteiger partial charge on any atom is 0.263 e. The van der Waals surface area contributed by atoms with Crippen molar-refractivity contribution in [3.63, 3.8) is 0 Å². The number of amides is 1. The molecule has 1 unspecified atom stereocenters. The van der Waals surface area contributed by atoms with E-state index < -0.39 is 10.0 Å². The highest BCUT2D eigenvalue weighted by atomic mass is 32.2. The zero-order chi connectivity index (χ0) is 22.6. The molecule has 7 nitrogen and oxygen atoms in total. The van der Waals surface area contributed by atoms with Crippen molar-refractivity contribution in [2.24, 2.45) is 10.9 Å². The van der Waals surface area contributed by atoms with E-state index in [4.69, 9.17) is 0 Å². The Bertz CT molecular complexity index is 1100. The lowest BCUT2D eigenvalue weighted by Crippen LogP contribution is -2.33. The smallest absolute Gasteiger partial charge is 0.263 e. The number of likely N-dealkylation sites (tertiary alicyclic amines) is 1. The Morgan fingerprint density at radius 1 is 1.16 bits per heavy atom. The van der Waals surface area contributed by atoms with Gasteiger partial charge >= 0.3 is 0 Å². The molecule has 0 radical (unpaired) electrons. The van der Waals surface area contributed by atoms with Crippen LogP contribution in [0.15, 0.2) is 58.4 Å². The fourth-order valence-corrected chi connectivity index (χ4v) is 5.51. The molecule has 2 aliphatic rings. The number of nitrogens with zero attached hydrogens (tertiary/aromatic N) is 2. The molecular weight excluding hydrogens is 424 g/mol. The van der Waals surface area contributed by atoms with Gasteiger partial charge in [-0.25, -0.2) is 8.42 Å². The summed E-state index contributed by atoms with van der Waals surface area (Å²) in [5.74, 6) is 0.953. The zero-order valence-electron chi connectivity index (χ0n) is 18.4. The number of hydrogen-bond donors (Lipinski definition) is 2. The second-order valence-electron chi connectivity index (χ2n) is 8.66. The van der Waals surface area contributed by atoms with Gasteiger partial charge in [-0.1, -0.05) is 43.3 Å². The van der Waals surface area contributed by atoms with E-state index in [-0.39, 0.29) is 23.8 Å². The van der Waals surface area contributed by atoms with Crippen molar-refractivity contribution in [1.82, 2.24) is 14.9 Å². The Morgan fingerprint density at radius 3 is 2.69 bits per heavy atom. The quantitative estimate of drug-likeness (QED) is 0.673. The van der Waals surface area contributed by atoms with E-state index in [1.165, 1.54) is 24.9 Å². The summed E-state index contributed by atoms with van der Waals surface area (Å²) in [4.78, 5) is 19.2. The first kappa shape index (κ1) is 22.5. The van der Waals surface area contributed by atoms with Crippen LogP contribution >= 0.6 is 0 Å². The summed E-state index contributed by atoms with van der Waals surface area (Å²) >= 11 is 0. The molecule has 1 amide bonds. The van der Waals surface area contributed by atoms with Crippen LogP contribution in [0.25, 0.3) is 0 Å². The molecule has 2 heterocycles. The van der Waals surface area contributed by atoms with E-state index >= 15 is 0 Å². The van der Waals surface area contributed by atoms with Gasteiger partial charge in [-0.15, -0.1) is 0 Å². The summed E-state index contributed by atoms with van der Waals surface area (Å²) in [5.41, 5.74) is 2.90. The van der Waals surface area contributed by atoms with Gasteiger partial charge in [0.15, 0.2) is 0 Å². The summed E-state index contributed by atoms with van der Waals surface area (Å²) in [5, 5.41) is 2.91. The third-order valence-corrected chi connectivity index (χ3v) is 7.33. The lowest BCUT2D eigenvalue weighted by molar-refractivity contribution is -0.121. The number of aliphatic imine (C=N–C) groups is 1. The maximum absolute atomic E-state index is 12.2. The number of fused-ring (bicyclic) bond motifs is 1. The van der Waals surface area contributed by atoms with Crippen LogP contribution in [0, 0.1) is 5.92 Å². The van der Waals surface area contributed by atoms with Gasteiger partial charge in [0.05, 0.1) is 11.4 Å². The SMILES string of the molecule is CC1CCCN(Cc2ccc(CNC(=O)CCN=C3NS(=O)(=O)c4ccccc43)cc2)C1. The third-order valence-electron chi connectivity index (χ3n) is 5.93. The Balaban J connectivity index is 1.23. The minimum absolute atomic E-state index is 0.116. The molecule has 4 rings (SSSR count). The highest BCUT2D eigenvalue weighted by molar-refractivity contribution is 7.90. The van der Waals surface area contributed by atoms with E-state index in [0.29, 0.717) is 17.9 Å². The van der Waals surface area contributed by atoms with Crippen LogP contribution < -0.4 is 10.0 Å². The first-order chi connectivity index (χ1) is 15.4. The molecule has 2 aromatic rings. The van der Waals surface area contributed by atoms with Gasteiger partial charge in [-0.3, -0.25) is 19.4 Å². The minimum atomic E-state index is -3.55. The van der Waals surface area contributed by atoms with Gasteiger partial charge in [0.1, 0.15) is 5.84 Å². The largest absolute Gasteiger partial charge is 0.352 e. The average Bonchev–Trinajstić information content (AvgIpc) is 3.04. The molecule has 2 aromatic carbocycles. The minimum Gasteiger partial charge on any atom is -0.352 e. The van der Waals surface area contributed by atoms with Crippen LogP contribution in [0.2, 0.25) is 0 Å². The molecule has 0 saturated carbocycles. The highest BCUT2D eigenvalue weighted by Crippen LogP contribution is 2.22. The summed E-state index contributed by atoms with van der Waals surface area (Å²) in [7, 11) is -3.55. The summed E-state index contributed by atoms with van der Waals surface area (Å²) in [6, 6.07) is 15.1. The van der Waals surface area contributed by atoms with Gasteiger partial charge in [0.25, 0.3) is 10.0 Å². The van der Waals surface area contributed by atoms with Gasteiger partial charge in [0.2, 0.25) is 5.91 Å². The predicted octanol–water partition coefficient (Wildman–Crippen LogP) is 2.66. The second-order valence-corrected chi connectivity index (χ2v) is 10.3. The molecule has 0 bridgehead atoms. The number of nitrogens with one attached hydrogen (secondary N) is 2. The van der Waals surface area contributed by atoms with Crippen LogP contribution in [0.4, 0.5) is 0 Å². The van der Waals surface area contributed by atoms with Crippen LogP contribution in [-0.4, -0.2) is 44.7 Å². The normalized spacial score (nSPS) is 21.2. The Kier molecular flexibility index (Phi) is 6.91. The number of amidine groups is 1. The highest BCUT2D eigenvalue weighted by Gasteiger charge is 2.29. The zero-order valence-corrected chi connectivity index (χ0v) is 19.2. The number of carbonyl (C=O) groups excluding carboxylic acids is 1. The molecule has 170 valence electrons. The molecule has 2 N–H and O–H groups in total. The van der Waals surface area contributed by atoms with E-state index in [1.807, 2.05) is 0 Å². The molecular formula is C24H30N4O3S. The van der Waals surface area contributed by atoms with E-state index in [9.17, 15) is 13.2 Å². The number of piperidine rings is 1. The fourth-order valence-electron chi connectivity index (χ4n) is 4.26. The van der Waals surface area contributed by atoms with Crippen LogP contribution in [-0.2, 0) is 27.9 Å². The molecule has 8 heteroatoms. The van der Waals surface area contributed by atoms with Gasteiger partial charge in [0, 0.05) is 31.6 Å². The monoisotopic (exact) mass is 454 g/mol. The lowest BCUT2D eigenvalue weighted by atomic mass is 9.99. The molecule has 32 heavy (non-hydrogen) atoms. The van der Waals surface area contributed by atoms with E-state index in [0.717, 1.165) is 24.6 Å². The fraction of sp³-hybridized carbons (Fsp3) is 0.417. The van der Waals surface area contributed by atoms with Crippen molar-refractivity contribution in [1.29, 1.82) is 0 Å². The van der Waals surface area contributed by atoms with Crippen LogP contribution in [0.5, 0.6) is 0 Å². The Morgan fingerprint density at radius 2 is 1.91 bits per heavy atom. The third kappa shape index (κ3) is 5.55. The van der Waals surface area contributed by atoms with Gasteiger partial charge < -0.3 is 5.32 Å². The van der Waals surface area contributed by atoms with Gasteiger partial charge in [-0.2, -0.15) is 0 Å². The molecule has 1 fully saturated rings. The van der Waals surface area contributed by atoms with Crippen molar-refractivity contribution < 1.29 is 13.2 Å². The van der Waals surface area contributed by atoms with Crippen molar-refractivity contribution in [3.8, 4) is 0 Å². The standard InChI is InChI=1S/C24H30N4O3S/c1-18-5-4-14-28(16-18)17-20-10-8-19(9-11-20)15-26-23(29)12-13-25-24-21-6-2-3-7-22(21)32(30,31)27-24/h2-3,6-11,18H,4-5,12-17H2,1H3,(H,25,27)(H,26,29). The Labute approximate surface area is 190 Å². The first-order valence-corrected chi connectivity index (χ1v) is 12.6. The van der Waals surface area contributed by atoms with Crippen LogP contribution in [0.1, 0.15) is 42.9 Å². The summed E-state index contributed by atoms with van der Waals surface area (Å²) in [6.07, 6.45) is 2.79. The van der Waals surface area contributed by atoms with Gasteiger partial charge in [-0.05, 0) is 48.6 Å². The Hall–Kier alpha value is -2.71. The second kappa shape index (κ2) is 9.83. The molecule has 0 aromatic heterocycles. The average molecular weight is 455 g/mol.